The number of carbonyl (C=O) groups is 2. The molecule has 0 aliphatic rings. The van der Waals surface area contributed by atoms with Gasteiger partial charge in [0.1, 0.15) is 0 Å². The molecule has 0 radical (unpaired) electrons. The van der Waals surface area contributed by atoms with Crippen molar-refractivity contribution in [2.45, 2.75) is 201 Å². The number of carbonyl (C=O) groups excluding carboxylic acids is 2. The van der Waals surface area contributed by atoms with Crippen LogP contribution in [0.5, 0.6) is 0 Å². The van der Waals surface area contributed by atoms with E-state index in [4.69, 9.17) is 9.47 Å². The second kappa shape index (κ2) is 32.5. The minimum absolute atomic E-state index is 0.00176. The summed E-state index contributed by atoms with van der Waals surface area (Å²) in [6.45, 7) is 7.71. The van der Waals surface area contributed by atoms with E-state index in [1.165, 1.54) is 135 Å². The molecule has 0 saturated heterocycles. The Morgan fingerprint density at radius 2 is 0.800 bits per heavy atom. The summed E-state index contributed by atoms with van der Waals surface area (Å²) >= 11 is 0. The van der Waals surface area contributed by atoms with Gasteiger partial charge in [-0.05, 0) is 25.7 Å². The normalized spacial score (nSPS) is 12.0. The van der Waals surface area contributed by atoms with Crippen molar-refractivity contribution in [2.24, 2.45) is 5.92 Å². The molecule has 0 aliphatic heterocycles. The fourth-order valence-corrected chi connectivity index (χ4v) is 5.30. The summed E-state index contributed by atoms with van der Waals surface area (Å²) in [7, 11) is 0. The lowest BCUT2D eigenvalue weighted by molar-refractivity contribution is -0.148. The van der Waals surface area contributed by atoms with Gasteiger partial charge >= 0.3 is 11.9 Å². The monoisotopic (exact) mass is 567 g/mol. The van der Waals surface area contributed by atoms with Crippen LogP contribution in [0.1, 0.15) is 201 Å². The number of esters is 2. The molecule has 4 nitrogen and oxygen atoms in total. The molecular weight excluding hydrogens is 496 g/mol. The summed E-state index contributed by atoms with van der Waals surface area (Å²) in [6, 6.07) is 0. The van der Waals surface area contributed by atoms with Crippen LogP contribution in [-0.4, -0.2) is 25.2 Å². The smallest absolute Gasteiger partial charge is 0.308 e. The molecule has 0 heterocycles. The summed E-state index contributed by atoms with van der Waals surface area (Å²) in [6.07, 6.45) is 34.2. The summed E-state index contributed by atoms with van der Waals surface area (Å²) in [4.78, 5) is 23.9. The first-order valence-electron chi connectivity index (χ1n) is 17.9. The van der Waals surface area contributed by atoms with Crippen LogP contribution in [0.4, 0.5) is 0 Å². The summed E-state index contributed by atoms with van der Waals surface area (Å²) in [5, 5.41) is 0. The number of hydrogen-bond donors (Lipinski definition) is 0. The van der Waals surface area contributed by atoms with E-state index in [2.05, 4.69) is 13.8 Å². The second-order valence-electron chi connectivity index (χ2n) is 12.3. The van der Waals surface area contributed by atoms with Crippen LogP contribution in [-0.2, 0) is 19.1 Å². The zero-order valence-corrected chi connectivity index (χ0v) is 27.4. The average molecular weight is 567 g/mol. The Kier molecular flexibility index (Phi) is 31.6. The number of unbranched alkanes of at least 4 members (excludes halogenated alkanes) is 23. The highest BCUT2D eigenvalue weighted by molar-refractivity contribution is 5.71. The van der Waals surface area contributed by atoms with Gasteiger partial charge in [-0.15, -0.1) is 0 Å². The molecule has 1 unspecified atom stereocenters. The zero-order chi connectivity index (χ0) is 29.4. The lowest BCUT2D eigenvalue weighted by Gasteiger charge is -2.11. The highest BCUT2D eigenvalue weighted by atomic mass is 16.5. The maximum atomic E-state index is 12.1. The Balaban J connectivity index is 3.28. The van der Waals surface area contributed by atoms with Gasteiger partial charge in [0.15, 0.2) is 0 Å². The van der Waals surface area contributed by atoms with E-state index in [1.807, 2.05) is 6.92 Å². The standard InChI is InChI=1S/C36H70O4/c1-4-6-8-10-24-28-32-39-35(37)31-27-23-21-19-17-15-13-12-14-16-18-20-22-26-30-34(3)36(38)40-33-29-25-11-9-7-5-2/h34H,4-33H2,1-3H3. The van der Waals surface area contributed by atoms with Crippen LogP contribution < -0.4 is 0 Å². The van der Waals surface area contributed by atoms with Crippen LogP contribution >= 0.6 is 0 Å². The van der Waals surface area contributed by atoms with E-state index >= 15 is 0 Å². The van der Waals surface area contributed by atoms with Gasteiger partial charge in [0.25, 0.3) is 0 Å². The molecule has 0 aromatic carbocycles. The topological polar surface area (TPSA) is 52.6 Å². The van der Waals surface area contributed by atoms with Crippen molar-refractivity contribution in [1.29, 1.82) is 0 Å². The highest BCUT2D eigenvalue weighted by Crippen LogP contribution is 2.16. The molecule has 0 bridgehead atoms. The molecule has 0 spiro atoms. The van der Waals surface area contributed by atoms with Gasteiger partial charge in [-0.3, -0.25) is 9.59 Å². The van der Waals surface area contributed by atoms with Crippen LogP contribution in [0, 0.1) is 5.92 Å². The zero-order valence-electron chi connectivity index (χ0n) is 27.4. The van der Waals surface area contributed by atoms with Crippen molar-refractivity contribution in [1.82, 2.24) is 0 Å². The van der Waals surface area contributed by atoms with Crippen molar-refractivity contribution < 1.29 is 19.1 Å². The number of rotatable bonds is 32. The molecule has 4 heteroatoms. The SMILES string of the molecule is CCCCCCCCOC(=O)CCCCCCCCCCCCCCCCC(C)C(=O)OCCCCCCCC. The molecule has 0 fully saturated rings. The summed E-state index contributed by atoms with van der Waals surface area (Å²) < 4.78 is 10.8. The average Bonchev–Trinajstić information content (AvgIpc) is 2.95. The minimum Gasteiger partial charge on any atom is -0.466 e. The Morgan fingerprint density at radius 3 is 1.25 bits per heavy atom. The predicted molar refractivity (Wildman–Crippen MR) is 172 cm³/mol. The van der Waals surface area contributed by atoms with Crippen molar-refractivity contribution in [3.05, 3.63) is 0 Å². The van der Waals surface area contributed by atoms with E-state index in [-0.39, 0.29) is 17.9 Å². The molecule has 0 aromatic rings. The van der Waals surface area contributed by atoms with Gasteiger partial charge in [-0.25, -0.2) is 0 Å². The van der Waals surface area contributed by atoms with Crippen molar-refractivity contribution >= 4 is 11.9 Å². The Morgan fingerprint density at radius 1 is 0.450 bits per heavy atom. The number of ether oxygens (including phenoxy) is 2. The maximum Gasteiger partial charge on any atom is 0.308 e. The molecule has 0 aliphatic carbocycles. The summed E-state index contributed by atoms with van der Waals surface area (Å²) in [5.41, 5.74) is 0. The fourth-order valence-electron chi connectivity index (χ4n) is 5.30. The van der Waals surface area contributed by atoms with E-state index in [9.17, 15) is 9.59 Å². The Hall–Kier alpha value is -1.06. The van der Waals surface area contributed by atoms with Gasteiger partial charge in [0.05, 0.1) is 19.1 Å². The fraction of sp³-hybridized carbons (Fsp3) is 0.944. The van der Waals surface area contributed by atoms with Crippen molar-refractivity contribution in [3.63, 3.8) is 0 Å². The lowest BCUT2D eigenvalue weighted by Crippen LogP contribution is -2.15. The van der Waals surface area contributed by atoms with Crippen molar-refractivity contribution in [2.75, 3.05) is 13.2 Å². The van der Waals surface area contributed by atoms with Crippen LogP contribution in [0.3, 0.4) is 0 Å². The van der Waals surface area contributed by atoms with Crippen LogP contribution in [0.15, 0.2) is 0 Å². The highest BCUT2D eigenvalue weighted by Gasteiger charge is 2.13. The molecule has 238 valence electrons. The first-order chi connectivity index (χ1) is 19.6. The molecule has 40 heavy (non-hydrogen) atoms. The second-order valence-corrected chi connectivity index (χ2v) is 12.3. The third-order valence-corrected chi connectivity index (χ3v) is 8.17. The quantitative estimate of drug-likeness (QED) is 0.0600. The minimum atomic E-state index is 0.00176. The lowest BCUT2D eigenvalue weighted by atomic mass is 10.0. The number of hydrogen-bond acceptors (Lipinski definition) is 4. The predicted octanol–water partition coefficient (Wildman–Crippen LogP) is 11.7. The van der Waals surface area contributed by atoms with E-state index < -0.39 is 0 Å². The molecular formula is C36H70O4. The van der Waals surface area contributed by atoms with Gasteiger partial charge in [-0.2, -0.15) is 0 Å². The molecule has 0 aromatic heterocycles. The molecule has 1 atom stereocenters. The Labute approximate surface area is 250 Å². The maximum absolute atomic E-state index is 12.1. The van der Waals surface area contributed by atoms with Gasteiger partial charge in [0.2, 0.25) is 0 Å². The first kappa shape index (κ1) is 38.9. The van der Waals surface area contributed by atoms with E-state index in [1.54, 1.807) is 0 Å². The van der Waals surface area contributed by atoms with E-state index in [0.717, 1.165) is 38.5 Å². The first-order valence-corrected chi connectivity index (χ1v) is 17.9. The third kappa shape index (κ3) is 29.9. The Bertz CT molecular complexity index is 533. The third-order valence-electron chi connectivity index (χ3n) is 8.17. The van der Waals surface area contributed by atoms with Gasteiger partial charge < -0.3 is 9.47 Å². The summed E-state index contributed by atoms with van der Waals surface area (Å²) in [5.74, 6) is 0.0607. The van der Waals surface area contributed by atoms with Crippen molar-refractivity contribution in [3.8, 4) is 0 Å². The van der Waals surface area contributed by atoms with Crippen LogP contribution in [0.25, 0.3) is 0 Å². The van der Waals surface area contributed by atoms with Crippen LogP contribution in [0.2, 0.25) is 0 Å². The molecule has 0 rings (SSSR count). The molecule has 0 amide bonds. The molecule has 0 N–H and O–H groups in total. The largest absolute Gasteiger partial charge is 0.466 e. The molecule has 0 saturated carbocycles. The van der Waals surface area contributed by atoms with Gasteiger partial charge in [-0.1, -0.05) is 168 Å². The van der Waals surface area contributed by atoms with E-state index in [0.29, 0.717) is 19.6 Å². The van der Waals surface area contributed by atoms with Gasteiger partial charge in [0, 0.05) is 6.42 Å².